The van der Waals surface area contributed by atoms with Crippen LogP contribution in [0, 0.1) is 0 Å². The molecule has 0 bridgehead atoms. The van der Waals surface area contributed by atoms with Gasteiger partial charge in [-0.05, 0) is 25.1 Å². The Morgan fingerprint density at radius 3 is 2.58 bits per heavy atom. The maximum absolute atomic E-state index is 12.5. The number of halogens is 3. The number of carboxylic acid groups (broad SMARTS) is 1. The molecule has 7 heteroatoms. The predicted octanol–water partition coefficient (Wildman–Crippen LogP) is 2.85. The van der Waals surface area contributed by atoms with E-state index in [1.807, 2.05) is 0 Å². The van der Waals surface area contributed by atoms with Crippen molar-refractivity contribution in [1.82, 2.24) is 0 Å². The molecule has 106 valence electrons. The van der Waals surface area contributed by atoms with Gasteiger partial charge >= 0.3 is 12.1 Å². The Bertz CT molecular complexity index is 460. The molecular formula is C12H14F3NO3. The van der Waals surface area contributed by atoms with Crippen LogP contribution in [0.15, 0.2) is 18.2 Å². The summed E-state index contributed by atoms with van der Waals surface area (Å²) < 4.78 is 42.4. The topological polar surface area (TPSA) is 58.6 Å². The first-order valence-corrected chi connectivity index (χ1v) is 5.45. The molecule has 0 saturated heterocycles. The molecule has 19 heavy (non-hydrogen) atoms. The molecule has 1 rings (SSSR count). The maximum Gasteiger partial charge on any atom is 0.416 e. The molecule has 4 nitrogen and oxygen atoms in total. The predicted molar refractivity (Wildman–Crippen MR) is 63.4 cm³/mol. The Kier molecular flexibility index (Phi) is 4.77. The van der Waals surface area contributed by atoms with Gasteiger partial charge in [0.05, 0.1) is 17.7 Å². The first kappa shape index (κ1) is 15.3. The number of anilines is 1. The molecule has 0 aliphatic carbocycles. The molecule has 1 aromatic carbocycles. The molecule has 0 aliphatic rings. The number of carbonyl (C=O) groups is 1. The molecule has 1 aromatic rings. The van der Waals surface area contributed by atoms with E-state index in [0.29, 0.717) is 12.7 Å². The van der Waals surface area contributed by atoms with E-state index in [1.165, 1.54) is 7.11 Å². The average molecular weight is 277 g/mol. The second-order valence-corrected chi connectivity index (χ2v) is 4.06. The van der Waals surface area contributed by atoms with Crippen molar-refractivity contribution >= 4 is 11.7 Å². The zero-order valence-electron chi connectivity index (χ0n) is 10.4. The Morgan fingerprint density at radius 2 is 2.11 bits per heavy atom. The number of carboxylic acids is 1. The van der Waals surface area contributed by atoms with Gasteiger partial charge in [0, 0.05) is 18.8 Å². The average Bonchev–Trinajstić information content (AvgIpc) is 2.27. The Morgan fingerprint density at radius 1 is 1.47 bits per heavy atom. The molecule has 0 radical (unpaired) electrons. The maximum atomic E-state index is 12.5. The van der Waals surface area contributed by atoms with Gasteiger partial charge in [0.2, 0.25) is 0 Å². The van der Waals surface area contributed by atoms with Crippen LogP contribution in [0.25, 0.3) is 0 Å². The molecule has 0 saturated carbocycles. The highest BCUT2D eigenvalue weighted by atomic mass is 19.4. The van der Waals surface area contributed by atoms with Crippen molar-refractivity contribution in [2.45, 2.75) is 19.1 Å². The number of methoxy groups -OCH3 is 1. The van der Waals surface area contributed by atoms with Crippen LogP contribution in [-0.4, -0.2) is 30.8 Å². The lowest BCUT2D eigenvalue weighted by molar-refractivity contribution is -0.137. The number of nitrogens with one attached hydrogen (secondary N) is 1. The minimum atomic E-state index is -4.57. The monoisotopic (exact) mass is 277 g/mol. The molecule has 0 aliphatic heterocycles. The van der Waals surface area contributed by atoms with Crippen LogP contribution in [0.5, 0.6) is 0 Å². The van der Waals surface area contributed by atoms with Gasteiger partial charge in [-0.3, -0.25) is 0 Å². The van der Waals surface area contributed by atoms with Crippen molar-refractivity contribution in [3.63, 3.8) is 0 Å². The van der Waals surface area contributed by atoms with Gasteiger partial charge in [0.1, 0.15) is 0 Å². The van der Waals surface area contributed by atoms with Crippen molar-refractivity contribution in [3.8, 4) is 0 Å². The summed E-state index contributed by atoms with van der Waals surface area (Å²) in [4.78, 5) is 11.0. The summed E-state index contributed by atoms with van der Waals surface area (Å²) in [5, 5.41) is 11.8. The molecule has 0 spiro atoms. The summed E-state index contributed by atoms with van der Waals surface area (Å²) in [5.41, 5.74) is -1.28. The number of ether oxygens (including phenoxy) is 1. The van der Waals surface area contributed by atoms with E-state index in [4.69, 9.17) is 9.84 Å². The number of hydrogen-bond acceptors (Lipinski definition) is 3. The van der Waals surface area contributed by atoms with Gasteiger partial charge in [-0.25, -0.2) is 4.79 Å². The standard InChI is InChI=1S/C12H14F3NO3/c1-7(6-19-2)16-10-4-3-8(12(13,14)15)5-9(10)11(17)18/h3-5,7,16H,6H2,1-2H3,(H,17,18). The molecule has 0 fully saturated rings. The smallest absolute Gasteiger partial charge is 0.416 e. The summed E-state index contributed by atoms with van der Waals surface area (Å²) in [7, 11) is 1.48. The summed E-state index contributed by atoms with van der Waals surface area (Å²) in [5.74, 6) is -1.42. The van der Waals surface area contributed by atoms with Crippen LogP contribution in [0.1, 0.15) is 22.8 Å². The Hall–Kier alpha value is -1.76. The normalized spacial score (nSPS) is 13.1. The lowest BCUT2D eigenvalue weighted by atomic mass is 10.1. The Balaban J connectivity index is 3.09. The first-order chi connectivity index (χ1) is 8.75. The number of rotatable bonds is 5. The second kappa shape index (κ2) is 5.92. The summed E-state index contributed by atoms with van der Waals surface area (Å²) in [6.45, 7) is 2.03. The minimum Gasteiger partial charge on any atom is -0.478 e. The lowest BCUT2D eigenvalue weighted by Gasteiger charge is -2.17. The van der Waals surface area contributed by atoms with Gasteiger partial charge < -0.3 is 15.2 Å². The fraction of sp³-hybridized carbons (Fsp3) is 0.417. The third kappa shape index (κ3) is 4.13. The molecular weight excluding hydrogens is 263 g/mol. The van der Waals surface area contributed by atoms with Crippen molar-refractivity contribution in [3.05, 3.63) is 29.3 Å². The van der Waals surface area contributed by atoms with Crippen LogP contribution in [0.4, 0.5) is 18.9 Å². The SMILES string of the molecule is COCC(C)Nc1ccc(C(F)(F)F)cc1C(=O)O. The van der Waals surface area contributed by atoms with Crippen molar-refractivity contribution in [2.75, 3.05) is 19.0 Å². The van der Waals surface area contributed by atoms with Gasteiger partial charge in [-0.1, -0.05) is 0 Å². The van der Waals surface area contributed by atoms with Crippen molar-refractivity contribution in [2.24, 2.45) is 0 Å². The highest BCUT2D eigenvalue weighted by Crippen LogP contribution is 2.32. The van der Waals surface area contributed by atoms with Crippen LogP contribution in [0.2, 0.25) is 0 Å². The van der Waals surface area contributed by atoms with Crippen molar-refractivity contribution < 1.29 is 27.8 Å². The second-order valence-electron chi connectivity index (χ2n) is 4.06. The number of alkyl halides is 3. The van der Waals surface area contributed by atoms with E-state index in [1.54, 1.807) is 6.92 Å². The quantitative estimate of drug-likeness (QED) is 0.869. The van der Waals surface area contributed by atoms with E-state index in [2.05, 4.69) is 5.32 Å². The van der Waals surface area contributed by atoms with E-state index in [-0.39, 0.29) is 11.7 Å². The van der Waals surface area contributed by atoms with Gasteiger partial charge in [0.15, 0.2) is 0 Å². The van der Waals surface area contributed by atoms with Crippen LogP contribution in [0.3, 0.4) is 0 Å². The molecule has 0 heterocycles. The summed E-state index contributed by atoms with van der Waals surface area (Å²) >= 11 is 0. The van der Waals surface area contributed by atoms with Crippen LogP contribution < -0.4 is 5.32 Å². The first-order valence-electron chi connectivity index (χ1n) is 5.45. The molecule has 2 N–H and O–H groups in total. The zero-order chi connectivity index (χ0) is 14.6. The highest BCUT2D eigenvalue weighted by molar-refractivity contribution is 5.94. The minimum absolute atomic E-state index is 0.130. The van der Waals surface area contributed by atoms with Gasteiger partial charge in [0.25, 0.3) is 0 Å². The zero-order valence-corrected chi connectivity index (χ0v) is 10.4. The van der Waals surface area contributed by atoms with E-state index in [0.717, 1.165) is 12.1 Å². The fourth-order valence-corrected chi connectivity index (χ4v) is 1.58. The molecule has 1 atom stereocenters. The number of benzene rings is 1. The lowest BCUT2D eigenvalue weighted by Crippen LogP contribution is -2.22. The number of aromatic carboxylic acids is 1. The summed E-state index contributed by atoms with van der Waals surface area (Å²) in [6, 6.07) is 2.34. The molecule has 1 unspecified atom stereocenters. The highest BCUT2D eigenvalue weighted by Gasteiger charge is 2.31. The van der Waals surface area contributed by atoms with Crippen LogP contribution in [-0.2, 0) is 10.9 Å². The van der Waals surface area contributed by atoms with E-state index >= 15 is 0 Å². The Labute approximate surface area is 108 Å². The molecule has 0 aromatic heterocycles. The number of hydrogen-bond donors (Lipinski definition) is 2. The van der Waals surface area contributed by atoms with Gasteiger partial charge in [-0.15, -0.1) is 0 Å². The van der Waals surface area contributed by atoms with Crippen LogP contribution >= 0.6 is 0 Å². The molecule has 0 amide bonds. The van der Waals surface area contributed by atoms with E-state index < -0.39 is 23.3 Å². The van der Waals surface area contributed by atoms with Crippen molar-refractivity contribution in [1.29, 1.82) is 0 Å². The fourth-order valence-electron chi connectivity index (χ4n) is 1.58. The third-order valence-electron chi connectivity index (χ3n) is 2.40. The largest absolute Gasteiger partial charge is 0.478 e. The third-order valence-corrected chi connectivity index (χ3v) is 2.40. The van der Waals surface area contributed by atoms with E-state index in [9.17, 15) is 18.0 Å². The summed E-state index contributed by atoms with van der Waals surface area (Å²) in [6.07, 6.45) is -4.57. The van der Waals surface area contributed by atoms with Gasteiger partial charge in [-0.2, -0.15) is 13.2 Å².